The topological polar surface area (TPSA) is 43.4 Å². The summed E-state index contributed by atoms with van der Waals surface area (Å²) >= 11 is 0. The lowest BCUT2D eigenvalue weighted by molar-refractivity contribution is 0.0303. The van der Waals surface area contributed by atoms with Crippen LogP contribution < -0.4 is 19.3 Å². The van der Waals surface area contributed by atoms with Crippen molar-refractivity contribution in [1.29, 1.82) is 0 Å². The van der Waals surface area contributed by atoms with Gasteiger partial charge >= 0.3 is 0 Å². The molecule has 0 amide bonds. The lowest BCUT2D eigenvalue weighted by Crippen LogP contribution is -2.23. The normalized spacial score (nSPS) is 12.8. The fourth-order valence-corrected chi connectivity index (χ4v) is 5.25. The van der Waals surface area contributed by atoms with Crippen molar-refractivity contribution in [2.75, 3.05) is 56.4 Å². The predicted octanol–water partition coefficient (Wildman–Crippen LogP) is 7.11. The lowest BCUT2D eigenvalue weighted by atomic mass is 10.1. The minimum Gasteiger partial charge on any atom is -0.497 e. The summed E-state index contributed by atoms with van der Waals surface area (Å²) < 4.78 is 23.0. The summed E-state index contributed by atoms with van der Waals surface area (Å²) in [7, 11) is 1.71. The molecule has 1 saturated heterocycles. The summed E-state index contributed by atoms with van der Waals surface area (Å²) in [5.74, 6) is 1.70. The van der Waals surface area contributed by atoms with E-state index >= 15 is 0 Å². The van der Waals surface area contributed by atoms with Crippen LogP contribution in [0.5, 0.6) is 11.5 Å². The van der Waals surface area contributed by atoms with Crippen LogP contribution in [0.1, 0.15) is 29.5 Å². The van der Waals surface area contributed by atoms with Crippen molar-refractivity contribution < 1.29 is 18.9 Å². The number of rotatable bonds is 16. The Balaban J connectivity index is 1.18. The first-order valence-electron chi connectivity index (χ1n) is 14.9. The third-order valence-corrected chi connectivity index (χ3v) is 7.43. The molecule has 220 valence electrons. The number of benzene rings is 4. The van der Waals surface area contributed by atoms with Gasteiger partial charge in [0.25, 0.3) is 0 Å². The van der Waals surface area contributed by atoms with E-state index in [1.165, 1.54) is 35.2 Å². The highest BCUT2D eigenvalue weighted by Gasteiger charge is 2.15. The van der Waals surface area contributed by atoms with E-state index < -0.39 is 0 Å². The second kappa shape index (κ2) is 15.9. The molecule has 6 nitrogen and oxygen atoms in total. The Hall–Kier alpha value is -4.00. The summed E-state index contributed by atoms with van der Waals surface area (Å²) in [4.78, 5) is 4.88. The van der Waals surface area contributed by atoms with Crippen molar-refractivity contribution in [1.82, 2.24) is 0 Å². The van der Waals surface area contributed by atoms with Gasteiger partial charge < -0.3 is 28.7 Å². The number of ether oxygens (including phenoxy) is 4. The SMILES string of the molecule is COc1cccc(CN(Cc2cccc(N3CCCC3)c2)c2cccc(OCCOCCOCc3ccccc3)c2)c1. The standard InChI is InChI=1S/C36H42N2O4/c1-39-35-16-8-13-32(25-35)28-38(27-31-12-7-14-33(24-31)37-18-5-6-19-37)34-15-9-17-36(26-34)42-23-22-40-20-21-41-29-30-10-3-2-4-11-30/h2-4,7-17,24-26H,5-6,18-23,27-29H2,1H3. The Morgan fingerprint density at radius 3 is 2.10 bits per heavy atom. The number of anilines is 2. The van der Waals surface area contributed by atoms with Crippen LogP contribution >= 0.6 is 0 Å². The number of hydrogen-bond acceptors (Lipinski definition) is 6. The summed E-state index contributed by atoms with van der Waals surface area (Å²) in [6.45, 7) is 6.51. The maximum absolute atomic E-state index is 6.08. The van der Waals surface area contributed by atoms with E-state index in [4.69, 9.17) is 18.9 Å². The van der Waals surface area contributed by atoms with Crippen molar-refractivity contribution in [3.8, 4) is 11.5 Å². The molecular formula is C36H42N2O4. The third kappa shape index (κ3) is 9.00. The Morgan fingerprint density at radius 1 is 0.619 bits per heavy atom. The van der Waals surface area contributed by atoms with Gasteiger partial charge in [0, 0.05) is 43.6 Å². The molecule has 0 bridgehead atoms. The van der Waals surface area contributed by atoms with Gasteiger partial charge in [0.05, 0.1) is 33.5 Å². The smallest absolute Gasteiger partial charge is 0.121 e. The molecule has 1 fully saturated rings. The van der Waals surface area contributed by atoms with E-state index in [-0.39, 0.29) is 0 Å². The first-order valence-corrected chi connectivity index (χ1v) is 14.9. The molecule has 1 heterocycles. The monoisotopic (exact) mass is 566 g/mol. The van der Waals surface area contributed by atoms with Crippen molar-refractivity contribution in [3.63, 3.8) is 0 Å². The average Bonchev–Trinajstić information content (AvgIpc) is 3.58. The molecule has 0 radical (unpaired) electrons. The summed E-state index contributed by atoms with van der Waals surface area (Å²) in [6, 6.07) is 35.8. The molecule has 4 aromatic rings. The van der Waals surface area contributed by atoms with E-state index in [2.05, 4.69) is 76.5 Å². The van der Waals surface area contributed by atoms with Gasteiger partial charge in [-0.1, -0.05) is 60.7 Å². The quantitative estimate of drug-likeness (QED) is 0.135. The molecule has 6 heteroatoms. The average molecular weight is 567 g/mol. The van der Waals surface area contributed by atoms with Gasteiger partial charge in [-0.3, -0.25) is 0 Å². The minimum absolute atomic E-state index is 0.482. The molecule has 1 aliphatic rings. The maximum Gasteiger partial charge on any atom is 0.121 e. The summed E-state index contributed by atoms with van der Waals surface area (Å²) in [5.41, 5.74) is 6.07. The zero-order valence-electron chi connectivity index (χ0n) is 24.6. The zero-order valence-corrected chi connectivity index (χ0v) is 24.6. The lowest BCUT2D eigenvalue weighted by Gasteiger charge is -2.27. The van der Waals surface area contributed by atoms with Crippen LogP contribution in [-0.2, 0) is 29.2 Å². The number of methoxy groups -OCH3 is 1. The first-order chi connectivity index (χ1) is 20.8. The van der Waals surface area contributed by atoms with Crippen LogP contribution in [0.3, 0.4) is 0 Å². The molecule has 0 aliphatic carbocycles. The van der Waals surface area contributed by atoms with Gasteiger partial charge in [-0.05, 0) is 65.9 Å². The Labute approximate surface area is 250 Å². The fourth-order valence-electron chi connectivity index (χ4n) is 5.25. The molecule has 42 heavy (non-hydrogen) atoms. The Kier molecular flexibility index (Phi) is 11.1. The van der Waals surface area contributed by atoms with E-state index in [1.807, 2.05) is 36.4 Å². The van der Waals surface area contributed by atoms with E-state index in [0.717, 1.165) is 43.4 Å². The molecule has 0 unspecified atom stereocenters. The van der Waals surface area contributed by atoms with E-state index in [0.29, 0.717) is 33.0 Å². The largest absolute Gasteiger partial charge is 0.497 e. The van der Waals surface area contributed by atoms with Crippen molar-refractivity contribution in [3.05, 3.63) is 120 Å². The minimum atomic E-state index is 0.482. The summed E-state index contributed by atoms with van der Waals surface area (Å²) in [6.07, 6.45) is 2.54. The third-order valence-electron chi connectivity index (χ3n) is 7.43. The number of nitrogens with zero attached hydrogens (tertiary/aromatic N) is 2. The van der Waals surface area contributed by atoms with Gasteiger partial charge in [-0.2, -0.15) is 0 Å². The van der Waals surface area contributed by atoms with Crippen molar-refractivity contribution in [2.24, 2.45) is 0 Å². The van der Waals surface area contributed by atoms with Crippen LogP contribution in [0.15, 0.2) is 103 Å². The van der Waals surface area contributed by atoms with Crippen LogP contribution in [0.25, 0.3) is 0 Å². The molecule has 5 rings (SSSR count). The first kappa shape index (κ1) is 29.5. The maximum atomic E-state index is 6.08. The fraction of sp³-hybridized carbons (Fsp3) is 0.333. The highest BCUT2D eigenvalue weighted by atomic mass is 16.5. The summed E-state index contributed by atoms with van der Waals surface area (Å²) in [5, 5.41) is 0. The van der Waals surface area contributed by atoms with Crippen LogP contribution in [0.2, 0.25) is 0 Å². The molecular weight excluding hydrogens is 524 g/mol. The highest BCUT2D eigenvalue weighted by molar-refractivity contribution is 5.54. The van der Waals surface area contributed by atoms with Crippen molar-refractivity contribution >= 4 is 11.4 Å². The van der Waals surface area contributed by atoms with E-state index in [9.17, 15) is 0 Å². The molecule has 0 N–H and O–H groups in total. The van der Waals surface area contributed by atoms with Crippen LogP contribution in [-0.4, -0.2) is 46.6 Å². The van der Waals surface area contributed by atoms with E-state index in [1.54, 1.807) is 7.11 Å². The number of hydrogen-bond donors (Lipinski definition) is 0. The van der Waals surface area contributed by atoms with Gasteiger partial charge in [0.1, 0.15) is 18.1 Å². The van der Waals surface area contributed by atoms with Crippen LogP contribution in [0.4, 0.5) is 11.4 Å². The molecule has 0 atom stereocenters. The molecule has 1 aliphatic heterocycles. The van der Waals surface area contributed by atoms with Gasteiger partial charge in [0.15, 0.2) is 0 Å². The second-order valence-corrected chi connectivity index (χ2v) is 10.6. The molecule has 0 aromatic heterocycles. The zero-order chi connectivity index (χ0) is 28.8. The second-order valence-electron chi connectivity index (χ2n) is 10.6. The predicted molar refractivity (Wildman–Crippen MR) is 170 cm³/mol. The van der Waals surface area contributed by atoms with Crippen molar-refractivity contribution in [2.45, 2.75) is 32.5 Å². The Bertz CT molecular complexity index is 1360. The highest BCUT2D eigenvalue weighted by Crippen LogP contribution is 2.28. The Morgan fingerprint density at radius 2 is 1.29 bits per heavy atom. The van der Waals surface area contributed by atoms with Gasteiger partial charge in [-0.25, -0.2) is 0 Å². The van der Waals surface area contributed by atoms with Gasteiger partial charge in [-0.15, -0.1) is 0 Å². The van der Waals surface area contributed by atoms with Crippen LogP contribution in [0, 0.1) is 0 Å². The van der Waals surface area contributed by atoms with Gasteiger partial charge in [0.2, 0.25) is 0 Å². The molecule has 4 aromatic carbocycles. The molecule has 0 spiro atoms. The molecule has 0 saturated carbocycles.